The molecule has 61 heavy (non-hydrogen) atoms. The standard InChI is InChI=1S/C23H22N2O5.C16H12ClNO.C7H11NO4/c1-14(26)25-13-17(11-21(25)23(27)28)30-22-12-19(15-6-4-3-5-7-15)24-20-10-16(29-2)8-9-18(20)22;1-19-12-7-8-13-14(17)10-15(18-16(13)9-12)11-5-3-2-4-6-11;1-4(9)8-3-5(10)2-6(8)7(11)12/h3-10,12,17,21H,11,13H2,1-2H3,(H,27,28);2-10H,1H3;5-6,10H,2-3H2,1H3,(H,11,12)/t17-,21+;;5-,6+/m1.1/s1. The van der Waals surface area contributed by atoms with Crippen LogP contribution in [0, 0.1) is 0 Å². The van der Waals surface area contributed by atoms with Crippen molar-refractivity contribution in [1.29, 1.82) is 0 Å². The first-order valence-corrected chi connectivity index (χ1v) is 19.7. The number of aromatic nitrogens is 2. The molecule has 0 aliphatic carbocycles. The monoisotopic (exact) mass is 848 g/mol. The molecule has 2 aromatic heterocycles. The van der Waals surface area contributed by atoms with Gasteiger partial charge in [0.15, 0.2) is 0 Å². The van der Waals surface area contributed by atoms with Crippen LogP contribution in [-0.4, -0.2) is 110 Å². The lowest BCUT2D eigenvalue weighted by Crippen LogP contribution is -2.39. The molecule has 316 valence electrons. The van der Waals surface area contributed by atoms with Crippen LogP contribution in [0.2, 0.25) is 5.02 Å². The molecule has 0 bridgehead atoms. The van der Waals surface area contributed by atoms with E-state index in [0.29, 0.717) is 22.0 Å². The van der Waals surface area contributed by atoms with E-state index >= 15 is 0 Å². The number of fused-ring (bicyclic) bond motifs is 2. The zero-order chi connectivity index (χ0) is 43.8. The number of likely N-dealkylation sites (tertiary alicyclic amines) is 2. The van der Waals surface area contributed by atoms with Crippen LogP contribution in [0.4, 0.5) is 0 Å². The van der Waals surface area contributed by atoms with Gasteiger partial charge in [-0.3, -0.25) is 9.59 Å². The van der Waals surface area contributed by atoms with Gasteiger partial charge in [0.05, 0.1) is 54.3 Å². The lowest BCUT2D eigenvalue weighted by atomic mass is 10.1. The number of carboxylic acid groups (broad SMARTS) is 2. The molecule has 6 aromatic rings. The van der Waals surface area contributed by atoms with E-state index in [0.717, 1.165) is 44.6 Å². The van der Waals surface area contributed by atoms with Gasteiger partial charge in [-0.15, -0.1) is 0 Å². The molecule has 15 heteroatoms. The number of β-amino-alcohol motifs (C(OH)–C–C–N with tert-alkyl or cyclic N) is 1. The van der Waals surface area contributed by atoms with E-state index in [-0.39, 0.29) is 37.7 Å². The summed E-state index contributed by atoms with van der Waals surface area (Å²) in [4.78, 5) is 56.8. The third kappa shape index (κ3) is 10.5. The number of carbonyl (C=O) groups is 4. The van der Waals surface area contributed by atoms with Crippen LogP contribution in [0.5, 0.6) is 17.2 Å². The van der Waals surface area contributed by atoms with Gasteiger partial charge in [0.25, 0.3) is 0 Å². The lowest BCUT2D eigenvalue weighted by molar-refractivity contribution is -0.147. The smallest absolute Gasteiger partial charge is 0.326 e. The van der Waals surface area contributed by atoms with Gasteiger partial charge in [0.2, 0.25) is 11.8 Å². The Morgan fingerprint density at radius 3 is 1.59 bits per heavy atom. The molecule has 0 saturated carbocycles. The molecule has 3 N–H and O–H groups in total. The third-order valence-electron chi connectivity index (χ3n) is 10.3. The average Bonchev–Trinajstić information content (AvgIpc) is 3.89. The SMILES string of the molecule is CC(=O)N1C[C@H](O)C[C@H]1C(=O)O.COc1ccc2c(Cl)cc(-c3ccccc3)nc2c1.COc1ccc2c(O[C@@H]3C[C@@H](C(=O)O)N(C(C)=O)C3)cc(-c3ccccc3)nc2c1. The second kappa shape index (κ2) is 19.5. The van der Waals surface area contributed by atoms with Crippen molar-refractivity contribution in [2.24, 2.45) is 0 Å². The Balaban J connectivity index is 0.000000171. The van der Waals surface area contributed by atoms with Crippen molar-refractivity contribution in [1.82, 2.24) is 19.8 Å². The summed E-state index contributed by atoms with van der Waals surface area (Å²) in [7, 11) is 3.24. The number of methoxy groups -OCH3 is 2. The maximum Gasteiger partial charge on any atom is 0.326 e. The van der Waals surface area contributed by atoms with Crippen molar-refractivity contribution in [3.8, 4) is 39.8 Å². The van der Waals surface area contributed by atoms with Crippen LogP contribution in [0.3, 0.4) is 0 Å². The third-order valence-corrected chi connectivity index (χ3v) is 10.6. The molecular formula is C46H45ClN4O10. The molecular weight excluding hydrogens is 804 g/mol. The maximum absolute atomic E-state index is 11.9. The first kappa shape index (κ1) is 43.8. The van der Waals surface area contributed by atoms with E-state index in [4.69, 9.17) is 41.0 Å². The van der Waals surface area contributed by atoms with E-state index in [1.165, 1.54) is 23.6 Å². The number of carbonyl (C=O) groups excluding carboxylic acids is 2. The summed E-state index contributed by atoms with van der Waals surface area (Å²) < 4.78 is 16.8. The fourth-order valence-corrected chi connectivity index (χ4v) is 7.51. The number of amides is 2. The number of rotatable bonds is 8. The summed E-state index contributed by atoms with van der Waals surface area (Å²) in [6.45, 7) is 3.03. The van der Waals surface area contributed by atoms with Crippen molar-refractivity contribution < 1.29 is 48.7 Å². The van der Waals surface area contributed by atoms with Gasteiger partial charge in [0, 0.05) is 73.3 Å². The zero-order valence-corrected chi connectivity index (χ0v) is 34.7. The van der Waals surface area contributed by atoms with Crippen LogP contribution in [-0.2, 0) is 19.2 Å². The van der Waals surface area contributed by atoms with E-state index < -0.39 is 36.2 Å². The second-order valence-corrected chi connectivity index (χ2v) is 14.8. The minimum absolute atomic E-state index is 0.131. The summed E-state index contributed by atoms with van der Waals surface area (Å²) in [5.41, 5.74) is 5.14. The van der Waals surface area contributed by atoms with Gasteiger partial charge >= 0.3 is 11.9 Å². The van der Waals surface area contributed by atoms with Gasteiger partial charge < -0.3 is 39.3 Å². The van der Waals surface area contributed by atoms with Gasteiger partial charge in [-0.1, -0.05) is 72.3 Å². The molecule has 2 amide bonds. The highest BCUT2D eigenvalue weighted by atomic mass is 35.5. The molecule has 2 aliphatic heterocycles. The van der Waals surface area contributed by atoms with Gasteiger partial charge in [-0.2, -0.15) is 0 Å². The van der Waals surface area contributed by atoms with E-state index in [1.807, 2.05) is 109 Å². The van der Waals surface area contributed by atoms with Crippen LogP contribution < -0.4 is 14.2 Å². The van der Waals surface area contributed by atoms with Gasteiger partial charge in [0.1, 0.15) is 35.4 Å². The number of aliphatic hydroxyl groups excluding tert-OH is 1. The number of halogens is 1. The van der Waals surface area contributed by atoms with E-state index in [1.54, 1.807) is 14.2 Å². The molecule has 2 saturated heterocycles. The Morgan fingerprint density at radius 1 is 0.639 bits per heavy atom. The molecule has 14 nitrogen and oxygen atoms in total. The van der Waals surface area contributed by atoms with Gasteiger partial charge in [-0.25, -0.2) is 19.6 Å². The number of aliphatic hydroxyl groups is 1. The zero-order valence-electron chi connectivity index (χ0n) is 33.9. The number of nitrogens with zero attached hydrogens (tertiary/aromatic N) is 4. The molecule has 0 spiro atoms. The fourth-order valence-electron chi connectivity index (χ4n) is 7.25. The highest BCUT2D eigenvalue weighted by Gasteiger charge is 2.40. The largest absolute Gasteiger partial charge is 0.497 e. The number of carboxylic acids is 2. The summed E-state index contributed by atoms with van der Waals surface area (Å²) in [5, 5.41) is 29.6. The minimum atomic E-state index is -1.05. The summed E-state index contributed by atoms with van der Waals surface area (Å²) in [6, 6.07) is 33.0. The summed E-state index contributed by atoms with van der Waals surface area (Å²) in [6.07, 6.45) is -0.758. The predicted molar refractivity (Wildman–Crippen MR) is 230 cm³/mol. The lowest BCUT2D eigenvalue weighted by Gasteiger charge is -2.19. The maximum atomic E-state index is 11.9. The van der Waals surface area contributed by atoms with Crippen LogP contribution >= 0.6 is 11.6 Å². The van der Waals surface area contributed by atoms with E-state index in [2.05, 4.69) is 4.98 Å². The Bertz CT molecular complexity index is 2500. The Morgan fingerprint density at radius 2 is 1.11 bits per heavy atom. The number of pyridine rings is 2. The van der Waals surface area contributed by atoms with Crippen molar-refractivity contribution in [3.05, 3.63) is 114 Å². The number of hydrogen-bond donors (Lipinski definition) is 3. The number of ether oxygens (including phenoxy) is 3. The van der Waals surface area contributed by atoms with Crippen LogP contribution in [0.1, 0.15) is 26.7 Å². The molecule has 0 unspecified atom stereocenters. The number of benzene rings is 4. The Kier molecular flexibility index (Phi) is 14.0. The predicted octanol–water partition coefficient (Wildman–Crippen LogP) is 6.98. The average molecular weight is 849 g/mol. The van der Waals surface area contributed by atoms with Crippen molar-refractivity contribution >= 4 is 57.2 Å². The molecule has 2 aliphatic rings. The molecule has 2 fully saturated rings. The topological polar surface area (TPSA) is 189 Å². The summed E-state index contributed by atoms with van der Waals surface area (Å²) >= 11 is 6.33. The molecule has 0 radical (unpaired) electrons. The second-order valence-electron chi connectivity index (χ2n) is 14.4. The number of aliphatic carboxylic acids is 2. The number of hydrogen-bond acceptors (Lipinski definition) is 10. The fraction of sp³-hybridized carbons (Fsp3) is 0.261. The van der Waals surface area contributed by atoms with E-state index in [9.17, 15) is 24.3 Å². The highest BCUT2D eigenvalue weighted by molar-refractivity contribution is 6.35. The molecule has 4 heterocycles. The van der Waals surface area contributed by atoms with Crippen LogP contribution in [0.25, 0.3) is 44.3 Å². The first-order valence-electron chi connectivity index (χ1n) is 19.3. The molecule has 4 atom stereocenters. The van der Waals surface area contributed by atoms with Crippen LogP contribution in [0.15, 0.2) is 109 Å². The van der Waals surface area contributed by atoms with Crippen molar-refractivity contribution in [3.63, 3.8) is 0 Å². The summed E-state index contributed by atoms with van der Waals surface area (Å²) in [5.74, 6) is -0.600. The van der Waals surface area contributed by atoms with Crippen molar-refractivity contribution in [2.45, 2.75) is 51.0 Å². The Labute approximate surface area is 356 Å². The quantitative estimate of drug-likeness (QED) is 0.143. The van der Waals surface area contributed by atoms with Gasteiger partial charge in [-0.05, 0) is 30.3 Å². The van der Waals surface area contributed by atoms with Crippen molar-refractivity contribution in [2.75, 3.05) is 27.3 Å². The highest BCUT2D eigenvalue weighted by Crippen LogP contribution is 2.35. The molecule has 8 rings (SSSR count). The first-order chi connectivity index (χ1) is 29.3. The molecule has 4 aromatic carbocycles. The minimum Gasteiger partial charge on any atom is -0.497 e. The normalized spacial score (nSPS) is 18.1. The Hall–Kier alpha value is -6.77.